The fourth-order valence-electron chi connectivity index (χ4n) is 2.43. The summed E-state index contributed by atoms with van der Waals surface area (Å²) in [6.07, 6.45) is 0. The minimum atomic E-state index is -3.70. The zero-order valence-electron chi connectivity index (χ0n) is 15.3. The number of benzene rings is 1. The molecule has 0 aromatic heterocycles. The van der Waals surface area contributed by atoms with Crippen molar-refractivity contribution in [3.63, 3.8) is 0 Å². The van der Waals surface area contributed by atoms with E-state index in [0.29, 0.717) is 5.56 Å². The smallest absolute Gasteiger partial charge is 0.308 e. The second-order valence-corrected chi connectivity index (χ2v) is 9.21. The van der Waals surface area contributed by atoms with E-state index in [2.05, 4.69) is 6.58 Å². The van der Waals surface area contributed by atoms with Crippen LogP contribution in [0.3, 0.4) is 0 Å². The fourth-order valence-corrected chi connectivity index (χ4v) is 6.81. The highest BCUT2D eigenvalue weighted by molar-refractivity contribution is 7.62. The third kappa shape index (κ3) is 5.62. The molecule has 0 saturated heterocycles. The van der Waals surface area contributed by atoms with Gasteiger partial charge < -0.3 is 18.1 Å². The Morgan fingerprint density at radius 2 is 1.32 bits per heavy atom. The van der Waals surface area contributed by atoms with Crippen LogP contribution in [0.1, 0.15) is 38.9 Å². The Morgan fingerprint density at radius 1 is 0.880 bits per heavy atom. The van der Waals surface area contributed by atoms with Crippen LogP contribution in [-0.2, 0) is 27.2 Å². The van der Waals surface area contributed by atoms with Gasteiger partial charge in [-0.05, 0) is 33.3 Å². The molecule has 0 spiro atoms. The summed E-state index contributed by atoms with van der Waals surface area (Å²) in [5.74, 6) is 0. The molecule has 0 bridgehead atoms. The molecule has 0 fully saturated rings. The van der Waals surface area contributed by atoms with Gasteiger partial charge >= 0.3 is 15.2 Å². The van der Waals surface area contributed by atoms with Crippen LogP contribution >= 0.6 is 15.2 Å². The molecule has 25 heavy (non-hydrogen) atoms. The average Bonchev–Trinajstić information content (AvgIpc) is 2.56. The van der Waals surface area contributed by atoms with Crippen LogP contribution in [-0.4, -0.2) is 26.4 Å². The van der Waals surface area contributed by atoms with Crippen molar-refractivity contribution >= 4 is 15.2 Å². The van der Waals surface area contributed by atoms with Crippen LogP contribution in [0.4, 0.5) is 0 Å². The second-order valence-electron chi connectivity index (χ2n) is 5.01. The van der Waals surface area contributed by atoms with Gasteiger partial charge in [0.25, 0.3) is 0 Å². The Morgan fingerprint density at radius 3 is 1.72 bits per heavy atom. The molecule has 1 unspecified atom stereocenters. The number of hydrogen-bond donors (Lipinski definition) is 0. The van der Waals surface area contributed by atoms with Gasteiger partial charge in [0.1, 0.15) is 5.66 Å². The van der Waals surface area contributed by atoms with Crippen molar-refractivity contribution in [3.8, 4) is 0 Å². The normalized spacial score (nSPS) is 13.6. The highest BCUT2D eigenvalue weighted by Gasteiger charge is 2.46. The lowest BCUT2D eigenvalue weighted by Crippen LogP contribution is -2.11. The summed E-state index contributed by atoms with van der Waals surface area (Å²) in [6, 6.07) is 8.96. The van der Waals surface area contributed by atoms with Crippen LogP contribution in [0.5, 0.6) is 0 Å². The van der Waals surface area contributed by atoms with Crippen LogP contribution in [0, 0.1) is 0 Å². The summed E-state index contributed by atoms with van der Waals surface area (Å²) in [5.41, 5.74) is -0.324. The van der Waals surface area contributed by atoms with Crippen molar-refractivity contribution < 1.29 is 27.2 Å². The molecule has 142 valence electrons. The Bertz CT molecular complexity index is 611. The third-order valence-electron chi connectivity index (χ3n) is 3.32. The van der Waals surface area contributed by atoms with E-state index in [9.17, 15) is 9.13 Å². The quantitative estimate of drug-likeness (QED) is 0.422. The first kappa shape index (κ1) is 22.3. The Labute approximate surface area is 150 Å². The molecule has 0 amide bonds. The second kappa shape index (κ2) is 10.4. The van der Waals surface area contributed by atoms with E-state index >= 15 is 0 Å². The van der Waals surface area contributed by atoms with Gasteiger partial charge in [0.15, 0.2) is 0 Å². The molecule has 1 rings (SSSR count). The van der Waals surface area contributed by atoms with Crippen molar-refractivity contribution in [1.29, 1.82) is 0 Å². The number of hydrogen-bond acceptors (Lipinski definition) is 6. The summed E-state index contributed by atoms with van der Waals surface area (Å²) in [5, 5.41) is 0.0765. The molecule has 0 radical (unpaired) electrons. The maximum absolute atomic E-state index is 13.5. The molecule has 0 aliphatic heterocycles. The molecule has 1 atom stereocenters. The van der Waals surface area contributed by atoms with E-state index < -0.39 is 20.9 Å². The highest BCUT2D eigenvalue weighted by atomic mass is 31.2. The van der Waals surface area contributed by atoms with Crippen LogP contribution < -0.4 is 0 Å². The molecular weight excluding hydrogens is 362 g/mol. The summed E-state index contributed by atoms with van der Waals surface area (Å²) < 4.78 is 48.5. The molecule has 1 aromatic carbocycles. The molecular formula is C17H28O6P2. The lowest BCUT2D eigenvalue weighted by atomic mass is 10.1. The molecule has 0 aliphatic carbocycles. The molecule has 8 heteroatoms. The van der Waals surface area contributed by atoms with Crippen molar-refractivity contribution in [2.24, 2.45) is 0 Å². The van der Waals surface area contributed by atoms with Gasteiger partial charge in [-0.15, -0.1) is 0 Å². The Kier molecular flexibility index (Phi) is 9.29. The van der Waals surface area contributed by atoms with Gasteiger partial charge in [-0.25, -0.2) is 0 Å². The van der Waals surface area contributed by atoms with Crippen LogP contribution in [0.2, 0.25) is 0 Å². The molecule has 0 saturated carbocycles. The van der Waals surface area contributed by atoms with E-state index in [1.165, 1.54) is 0 Å². The summed E-state index contributed by atoms with van der Waals surface area (Å²) in [6.45, 7) is 11.5. The zero-order valence-corrected chi connectivity index (χ0v) is 17.1. The van der Waals surface area contributed by atoms with E-state index in [1.54, 1.807) is 52.0 Å². The van der Waals surface area contributed by atoms with E-state index in [0.717, 1.165) is 0 Å². The standard InChI is InChI=1S/C17H28O6P2/c1-6-20-24(18,21-7-2)15(5)17(16-13-11-10-12-14-16)25(19,22-8-3)23-9-4/h10-14,17H,5-9H2,1-4H3. The van der Waals surface area contributed by atoms with Gasteiger partial charge in [-0.1, -0.05) is 36.9 Å². The van der Waals surface area contributed by atoms with E-state index in [1.807, 2.05) is 6.07 Å². The Hall–Kier alpha value is -0.740. The summed E-state index contributed by atoms with van der Waals surface area (Å²) >= 11 is 0. The predicted octanol–water partition coefficient (Wildman–Crippen LogP) is 5.77. The van der Waals surface area contributed by atoms with Crippen molar-refractivity contribution in [1.82, 2.24) is 0 Å². The van der Waals surface area contributed by atoms with Gasteiger partial charge in [-0.3, -0.25) is 9.13 Å². The lowest BCUT2D eigenvalue weighted by molar-refractivity contribution is 0.209. The monoisotopic (exact) mass is 390 g/mol. The largest absolute Gasteiger partial charge is 0.358 e. The highest BCUT2D eigenvalue weighted by Crippen LogP contribution is 2.72. The van der Waals surface area contributed by atoms with Gasteiger partial charge in [0, 0.05) is 0 Å². The molecule has 0 aliphatic rings. The zero-order chi connectivity index (χ0) is 18.9. The molecule has 0 heterocycles. The molecule has 0 N–H and O–H groups in total. The van der Waals surface area contributed by atoms with Crippen molar-refractivity contribution in [2.45, 2.75) is 33.4 Å². The first-order chi connectivity index (χ1) is 11.9. The maximum atomic E-state index is 13.5. The third-order valence-corrected chi connectivity index (χ3v) is 8.16. The maximum Gasteiger partial charge on any atom is 0.358 e. The van der Waals surface area contributed by atoms with Crippen LogP contribution in [0.25, 0.3) is 0 Å². The van der Waals surface area contributed by atoms with E-state index in [-0.39, 0.29) is 31.7 Å². The average molecular weight is 390 g/mol. The van der Waals surface area contributed by atoms with Gasteiger partial charge in [0.05, 0.1) is 31.7 Å². The SMILES string of the molecule is C=C(C(c1ccccc1)P(=O)(OCC)OCC)P(=O)(OCC)OCC. The Balaban J connectivity index is 3.48. The first-order valence-corrected chi connectivity index (χ1v) is 11.6. The molecule has 6 nitrogen and oxygen atoms in total. The predicted molar refractivity (Wildman–Crippen MR) is 100 cm³/mol. The van der Waals surface area contributed by atoms with Gasteiger partial charge in [0.2, 0.25) is 0 Å². The number of rotatable bonds is 12. The topological polar surface area (TPSA) is 71.1 Å². The number of allylic oxidation sites excluding steroid dienone is 1. The minimum Gasteiger partial charge on any atom is -0.308 e. The van der Waals surface area contributed by atoms with Gasteiger partial charge in [-0.2, -0.15) is 0 Å². The summed E-state index contributed by atoms with van der Waals surface area (Å²) in [4.78, 5) is 0. The van der Waals surface area contributed by atoms with E-state index in [4.69, 9.17) is 18.1 Å². The summed E-state index contributed by atoms with van der Waals surface area (Å²) in [7, 11) is -7.39. The van der Waals surface area contributed by atoms with Crippen molar-refractivity contribution in [2.75, 3.05) is 26.4 Å². The lowest BCUT2D eigenvalue weighted by Gasteiger charge is -2.31. The fraction of sp³-hybridized carbons (Fsp3) is 0.529. The minimum absolute atomic E-state index is 0.0765. The van der Waals surface area contributed by atoms with Crippen molar-refractivity contribution in [3.05, 3.63) is 47.8 Å². The molecule has 1 aromatic rings. The van der Waals surface area contributed by atoms with Crippen LogP contribution in [0.15, 0.2) is 42.2 Å². The first-order valence-electron chi connectivity index (χ1n) is 8.40.